The first-order chi connectivity index (χ1) is 9.55. The fourth-order valence-electron chi connectivity index (χ4n) is 2.66. The maximum atomic E-state index is 12.7. The number of nitrogens with two attached hydrogens (primary N) is 1. The minimum atomic E-state index is -3.46. The van der Waals surface area contributed by atoms with Crippen molar-refractivity contribution in [3.8, 4) is 0 Å². The Hall–Kier alpha value is -0.910. The second-order valence-electron chi connectivity index (χ2n) is 5.43. The average molecular weight is 296 g/mol. The van der Waals surface area contributed by atoms with Gasteiger partial charge >= 0.3 is 0 Å². The van der Waals surface area contributed by atoms with Crippen LogP contribution >= 0.6 is 0 Å². The van der Waals surface area contributed by atoms with E-state index in [2.05, 4.69) is 6.92 Å². The lowest BCUT2D eigenvalue weighted by atomic mass is 10.1. The van der Waals surface area contributed by atoms with Gasteiger partial charge in [0.05, 0.1) is 11.1 Å². The fraction of sp³-hybridized carbons (Fsp3) is 0.600. The molecule has 112 valence electrons. The smallest absolute Gasteiger partial charge is 0.244 e. The number of sulfonamides is 1. The van der Waals surface area contributed by atoms with Crippen LogP contribution in [0.5, 0.6) is 0 Å². The molecule has 1 aliphatic heterocycles. The summed E-state index contributed by atoms with van der Waals surface area (Å²) in [6.07, 6.45) is 5.33. The molecule has 0 spiro atoms. The first-order valence-corrected chi connectivity index (χ1v) is 8.86. The molecule has 0 bridgehead atoms. The molecule has 1 unspecified atom stereocenters. The molecule has 1 fully saturated rings. The minimum Gasteiger partial charge on any atom is -0.315 e. The molecular formula is C15H24N2O2S. The Morgan fingerprint density at radius 3 is 2.55 bits per heavy atom. The maximum Gasteiger partial charge on any atom is 0.244 e. The van der Waals surface area contributed by atoms with Gasteiger partial charge in [-0.15, -0.1) is 0 Å². The summed E-state index contributed by atoms with van der Waals surface area (Å²) in [7, 11) is -3.46. The van der Waals surface area contributed by atoms with Crippen LogP contribution in [-0.4, -0.2) is 25.4 Å². The molecule has 2 rings (SSSR count). The van der Waals surface area contributed by atoms with Gasteiger partial charge < -0.3 is 5.73 Å². The highest BCUT2D eigenvalue weighted by Crippen LogP contribution is 2.23. The third kappa shape index (κ3) is 3.40. The van der Waals surface area contributed by atoms with Crippen molar-refractivity contribution >= 4 is 10.0 Å². The zero-order valence-electron chi connectivity index (χ0n) is 12.1. The molecule has 2 N–H and O–H groups in total. The monoisotopic (exact) mass is 296 g/mol. The lowest BCUT2D eigenvalue weighted by molar-refractivity contribution is 0.329. The molecule has 0 saturated carbocycles. The summed E-state index contributed by atoms with van der Waals surface area (Å²) >= 11 is 0. The van der Waals surface area contributed by atoms with Gasteiger partial charge in [0.15, 0.2) is 0 Å². The summed E-state index contributed by atoms with van der Waals surface area (Å²) in [6.45, 7) is 2.64. The third-order valence-electron chi connectivity index (χ3n) is 3.82. The van der Waals surface area contributed by atoms with Gasteiger partial charge in [-0.25, -0.2) is 8.42 Å². The maximum absolute atomic E-state index is 12.7. The second kappa shape index (κ2) is 6.70. The number of hydrogen-bond donors (Lipinski definition) is 1. The van der Waals surface area contributed by atoms with E-state index in [-0.39, 0.29) is 0 Å². The molecule has 0 amide bonds. The van der Waals surface area contributed by atoms with Crippen molar-refractivity contribution in [2.75, 3.05) is 6.54 Å². The van der Waals surface area contributed by atoms with Crippen LogP contribution in [0.1, 0.15) is 44.6 Å². The van der Waals surface area contributed by atoms with Gasteiger partial charge in [0.1, 0.15) is 0 Å². The minimum absolute atomic E-state index is 0.356. The van der Waals surface area contributed by atoms with E-state index in [9.17, 15) is 8.42 Å². The summed E-state index contributed by atoms with van der Waals surface area (Å²) in [5.41, 5.74) is 7.20. The summed E-state index contributed by atoms with van der Waals surface area (Å²) in [4.78, 5) is 0.356. The van der Waals surface area contributed by atoms with Gasteiger partial charge in [-0.3, -0.25) is 0 Å². The number of rotatable bonds is 4. The first kappa shape index (κ1) is 15.5. The van der Waals surface area contributed by atoms with E-state index in [0.29, 0.717) is 11.4 Å². The highest BCUT2D eigenvalue weighted by atomic mass is 32.2. The van der Waals surface area contributed by atoms with Gasteiger partial charge in [0.2, 0.25) is 10.0 Å². The summed E-state index contributed by atoms with van der Waals surface area (Å²) in [5.74, 6) is 0. The van der Waals surface area contributed by atoms with Crippen LogP contribution in [0, 0.1) is 0 Å². The Bertz CT molecular complexity index is 525. The van der Waals surface area contributed by atoms with E-state index in [1.807, 2.05) is 12.1 Å². The van der Waals surface area contributed by atoms with Gasteiger partial charge in [-0.1, -0.05) is 38.3 Å². The Labute approximate surface area is 122 Å². The largest absolute Gasteiger partial charge is 0.315 e. The van der Waals surface area contributed by atoms with Crippen LogP contribution in [0.4, 0.5) is 0 Å². The van der Waals surface area contributed by atoms with Crippen molar-refractivity contribution in [2.45, 2.75) is 56.5 Å². The number of aryl methyl sites for hydroxylation is 1. The molecule has 1 aromatic carbocycles. The Morgan fingerprint density at radius 2 is 1.90 bits per heavy atom. The molecule has 0 radical (unpaired) electrons. The molecule has 1 saturated heterocycles. The quantitative estimate of drug-likeness (QED) is 0.928. The Morgan fingerprint density at radius 1 is 1.20 bits per heavy atom. The van der Waals surface area contributed by atoms with Crippen LogP contribution in [0.2, 0.25) is 0 Å². The van der Waals surface area contributed by atoms with Crippen molar-refractivity contribution in [1.29, 1.82) is 0 Å². The normalized spacial score (nSPS) is 21.6. The van der Waals surface area contributed by atoms with Crippen LogP contribution < -0.4 is 5.73 Å². The second-order valence-corrected chi connectivity index (χ2v) is 7.32. The van der Waals surface area contributed by atoms with Crippen molar-refractivity contribution < 1.29 is 8.42 Å². The average Bonchev–Trinajstić information content (AvgIpc) is 2.65. The highest BCUT2D eigenvalue weighted by molar-refractivity contribution is 7.89. The van der Waals surface area contributed by atoms with Gasteiger partial charge in [0, 0.05) is 6.54 Å². The predicted octanol–water partition coefficient (Wildman–Crippen LogP) is 2.49. The molecule has 20 heavy (non-hydrogen) atoms. The van der Waals surface area contributed by atoms with Crippen molar-refractivity contribution in [1.82, 2.24) is 4.31 Å². The number of benzene rings is 1. The van der Waals surface area contributed by atoms with Crippen molar-refractivity contribution in [3.05, 3.63) is 29.8 Å². The van der Waals surface area contributed by atoms with Crippen molar-refractivity contribution in [2.24, 2.45) is 5.73 Å². The van der Waals surface area contributed by atoms with Gasteiger partial charge in [0.25, 0.3) is 0 Å². The fourth-order valence-corrected chi connectivity index (χ4v) is 4.24. The van der Waals surface area contributed by atoms with Crippen LogP contribution in [0.25, 0.3) is 0 Å². The molecule has 1 aromatic rings. The van der Waals surface area contributed by atoms with E-state index in [0.717, 1.165) is 38.5 Å². The number of nitrogens with zero attached hydrogens (tertiary/aromatic N) is 1. The number of hydrogen-bond acceptors (Lipinski definition) is 3. The predicted molar refractivity (Wildman–Crippen MR) is 80.8 cm³/mol. The zero-order chi connectivity index (χ0) is 14.6. The van der Waals surface area contributed by atoms with E-state index in [1.54, 1.807) is 12.1 Å². The Balaban J connectivity index is 2.24. The van der Waals surface area contributed by atoms with E-state index in [4.69, 9.17) is 5.73 Å². The standard InChI is InChI=1S/C15H24N2O2S/c1-2-6-13-8-10-14(11-9-13)20(18,19)17-12-5-3-4-7-15(17)16/h8-11,15H,2-7,12,16H2,1H3. The van der Waals surface area contributed by atoms with E-state index < -0.39 is 16.2 Å². The SMILES string of the molecule is CCCc1ccc(S(=O)(=O)N2CCCCCC2N)cc1. The molecule has 5 heteroatoms. The molecule has 4 nitrogen and oxygen atoms in total. The van der Waals surface area contributed by atoms with Gasteiger partial charge in [-0.05, 0) is 37.0 Å². The molecular weight excluding hydrogens is 272 g/mol. The highest BCUT2D eigenvalue weighted by Gasteiger charge is 2.30. The molecule has 1 heterocycles. The molecule has 1 aliphatic rings. The lowest BCUT2D eigenvalue weighted by Crippen LogP contribution is -2.45. The summed E-state index contributed by atoms with van der Waals surface area (Å²) in [6, 6.07) is 7.22. The Kier molecular flexibility index (Phi) is 5.18. The zero-order valence-corrected chi connectivity index (χ0v) is 12.9. The summed E-state index contributed by atoms with van der Waals surface area (Å²) < 4.78 is 26.8. The lowest BCUT2D eigenvalue weighted by Gasteiger charge is -2.26. The topological polar surface area (TPSA) is 63.4 Å². The first-order valence-electron chi connectivity index (χ1n) is 7.42. The molecule has 0 aromatic heterocycles. The van der Waals surface area contributed by atoms with E-state index >= 15 is 0 Å². The van der Waals surface area contributed by atoms with Gasteiger partial charge in [-0.2, -0.15) is 4.31 Å². The summed E-state index contributed by atoms with van der Waals surface area (Å²) in [5, 5.41) is 0. The molecule has 0 aliphatic carbocycles. The van der Waals surface area contributed by atoms with Crippen molar-refractivity contribution in [3.63, 3.8) is 0 Å². The third-order valence-corrected chi connectivity index (χ3v) is 5.76. The van der Waals surface area contributed by atoms with E-state index in [1.165, 1.54) is 9.87 Å². The van der Waals surface area contributed by atoms with Crippen LogP contribution in [0.3, 0.4) is 0 Å². The van der Waals surface area contributed by atoms with Crippen LogP contribution in [0.15, 0.2) is 29.2 Å². The van der Waals surface area contributed by atoms with Crippen LogP contribution in [-0.2, 0) is 16.4 Å². The molecule has 1 atom stereocenters.